The van der Waals surface area contributed by atoms with Gasteiger partial charge in [0.15, 0.2) is 11.6 Å². The molecule has 0 unspecified atom stereocenters. The largest absolute Gasteiger partial charge is 0.383 e. The molecule has 0 saturated carbocycles. The first-order valence-electron chi connectivity index (χ1n) is 12.3. The summed E-state index contributed by atoms with van der Waals surface area (Å²) < 4.78 is 3.39. The number of rotatable bonds is 5. The third-order valence-electron chi connectivity index (χ3n) is 7.00. The molecule has 0 aliphatic heterocycles. The first-order valence-corrected chi connectivity index (χ1v) is 12.3. The van der Waals surface area contributed by atoms with E-state index < -0.39 is 5.56 Å². The maximum Gasteiger partial charge on any atom is 0.266 e. The summed E-state index contributed by atoms with van der Waals surface area (Å²) in [6, 6.07) is 14.2. The number of para-hydroxylation sites is 1. The smallest absolute Gasteiger partial charge is 0.266 e. The molecule has 0 saturated heterocycles. The molecule has 0 bridgehead atoms. The molecule has 4 aromatic heterocycles. The molecule has 0 fully saturated rings. The molecule has 9 nitrogen and oxygen atoms in total. The summed E-state index contributed by atoms with van der Waals surface area (Å²) in [4.78, 5) is 52.6. The Balaban J connectivity index is 1.35. The number of nitrogen functional groups attached to an aromatic ring is 1. The monoisotopic (exact) mass is 504 g/mol. The lowest BCUT2D eigenvalue weighted by Gasteiger charge is -2.21. The number of anilines is 1. The predicted molar refractivity (Wildman–Crippen MR) is 143 cm³/mol. The van der Waals surface area contributed by atoms with Gasteiger partial charge < -0.3 is 10.3 Å². The van der Waals surface area contributed by atoms with Crippen molar-refractivity contribution in [2.45, 2.75) is 25.7 Å². The molecule has 0 atom stereocenters. The highest BCUT2D eigenvalue weighted by Gasteiger charge is 2.26. The maximum atomic E-state index is 13.6. The second-order valence-electron chi connectivity index (χ2n) is 9.42. The van der Waals surface area contributed by atoms with Gasteiger partial charge in [0.25, 0.3) is 5.56 Å². The fourth-order valence-corrected chi connectivity index (χ4v) is 5.14. The minimum atomic E-state index is -0.419. The van der Waals surface area contributed by atoms with Gasteiger partial charge in [-0.3, -0.25) is 23.9 Å². The summed E-state index contributed by atoms with van der Waals surface area (Å²) in [5.41, 5.74) is 10.3. The van der Waals surface area contributed by atoms with E-state index in [1.54, 1.807) is 24.4 Å². The molecule has 5 aromatic rings. The summed E-state index contributed by atoms with van der Waals surface area (Å²) in [7, 11) is 1.88. The first kappa shape index (κ1) is 23.5. The lowest BCUT2D eigenvalue weighted by atomic mass is 9.91. The van der Waals surface area contributed by atoms with Gasteiger partial charge in [-0.25, -0.2) is 9.97 Å². The SMILES string of the molecule is Cn1cc(-c2ccc(CC(=O)c3cc4c(n(-c5ccccc5)c3=O)CCCC4=O)nc2)c2c(N)ncnc21. The maximum absolute atomic E-state index is 13.6. The molecule has 1 aliphatic rings. The predicted octanol–water partition coefficient (Wildman–Crippen LogP) is 3.71. The number of Topliss-reactive ketones (excluding diaryl/α,β-unsaturated/α-hetero) is 2. The highest BCUT2D eigenvalue weighted by Crippen LogP contribution is 2.31. The highest BCUT2D eigenvalue weighted by molar-refractivity contribution is 6.03. The lowest BCUT2D eigenvalue weighted by Crippen LogP contribution is -2.32. The van der Waals surface area contributed by atoms with Crippen molar-refractivity contribution < 1.29 is 9.59 Å². The van der Waals surface area contributed by atoms with Crippen molar-refractivity contribution in [1.82, 2.24) is 24.1 Å². The van der Waals surface area contributed by atoms with Crippen molar-refractivity contribution in [1.29, 1.82) is 0 Å². The van der Waals surface area contributed by atoms with Crippen LogP contribution in [0.5, 0.6) is 0 Å². The van der Waals surface area contributed by atoms with Gasteiger partial charge in [-0.1, -0.05) is 24.3 Å². The van der Waals surface area contributed by atoms with E-state index in [2.05, 4.69) is 15.0 Å². The molecule has 188 valence electrons. The van der Waals surface area contributed by atoms with Crippen molar-refractivity contribution in [3.8, 4) is 16.8 Å². The summed E-state index contributed by atoms with van der Waals surface area (Å²) in [5, 5.41) is 0.737. The Morgan fingerprint density at radius 2 is 1.82 bits per heavy atom. The van der Waals surface area contributed by atoms with Crippen LogP contribution >= 0.6 is 0 Å². The van der Waals surface area contributed by atoms with Crippen LogP contribution in [0.2, 0.25) is 0 Å². The van der Waals surface area contributed by atoms with Gasteiger partial charge in [0, 0.05) is 59.6 Å². The zero-order chi connectivity index (χ0) is 26.4. The Bertz CT molecular complexity index is 1790. The Kier molecular flexibility index (Phi) is 5.68. The number of hydrogen-bond acceptors (Lipinski definition) is 7. The molecule has 6 rings (SSSR count). The average Bonchev–Trinajstić information content (AvgIpc) is 3.27. The average molecular weight is 505 g/mol. The van der Waals surface area contributed by atoms with E-state index in [0.717, 1.165) is 16.5 Å². The number of fused-ring (bicyclic) bond motifs is 2. The van der Waals surface area contributed by atoms with Crippen LogP contribution < -0.4 is 11.3 Å². The highest BCUT2D eigenvalue weighted by atomic mass is 16.2. The van der Waals surface area contributed by atoms with E-state index >= 15 is 0 Å². The molecule has 0 radical (unpaired) electrons. The number of carbonyl (C=O) groups excluding carboxylic acids is 2. The standard InChI is InChI=1S/C29H24N6O3/c1-34-15-22(26-27(30)32-16-33-28(26)34)17-10-11-18(31-14-17)12-25(37)21-13-20-23(8-5-9-24(20)36)35(29(21)38)19-6-3-2-4-7-19/h2-4,6-7,10-11,13-16H,5,8-9,12H2,1H3,(H2,30,32,33). The second kappa shape index (κ2) is 9.19. The first-order chi connectivity index (χ1) is 18.4. The number of nitrogens with two attached hydrogens (primary N) is 1. The summed E-state index contributed by atoms with van der Waals surface area (Å²) in [6.45, 7) is 0. The van der Waals surface area contributed by atoms with Crippen molar-refractivity contribution in [2.75, 3.05) is 5.73 Å². The minimum absolute atomic E-state index is 0.00675. The summed E-state index contributed by atoms with van der Waals surface area (Å²) >= 11 is 0. The van der Waals surface area contributed by atoms with Crippen LogP contribution in [0.3, 0.4) is 0 Å². The van der Waals surface area contributed by atoms with E-state index in [9.17, 15) is 14.4 Å². The van der Waals surface area contributed by atoms with Gasteiger partial charge in [-0.2, -0.15) is 0 Å². The molecule has 0 spiro atoms. The lowest BCUT2D eigenvalue weighted by molar-refractivity contribution is 0.0971. The molecule has 4 heterocycles. The van der Waals surface area contributed by atoms with Gasteiger partial charge in [0.1, 0.15) is 17.8 Å². The number of aromatic nitrogens is 5. The molecular formula is C29H24N6O3. The Morgan fingerprint density at radius 3 is 2.58 bits per heavy atom. The molecular weight excluding hydrogens is 480 g/mol. The number of carbonyl (C=O) groups is 2. The zero-order valence-electron chi connectivity index (χ0n) is 20.7. The van der Waals surface area contributed by atoms with E-state index in [4.69, 9.17) is 5.73 Å². The Labute approximate surface area is 217 Å². The molecule has 1 aromatic carbocycles. The van der Waals surface area contributed by atoms with Gasteiger partial charge in [-0.15, -0.1) is 0 Å². The number of nitrogens with zero attached hydrogens (tertiary/aromatic N) is 5. The van der Waals surface area contributed by atoms with Crippen LogP contribution in [0.15, 0.2) is 72.0 Å². The molecule has 9 heteroatoms. The number of pyridine rings is 2. The third-order valence-corrected chi connectivity index (χ3v) is 7.00. The van der Waals surface area contributed by atoms with Gasteiger partial charge in [0.05, 0.1) is 17.4 Å². The van der Waals surface area contributed by atoms with Crippen LogP contribution in [0.1, 0.15) is 44.9 Å². The second-order valence-corrected chi connectivity index (χ2v) is 9.42. The van der Waals surface area contributed by atoms with E-state index in [0.29, 0.717) is 53.4 Å². The van der Waals surface area contributed by atoms with Crippen LogP contribution in [0, 0.1) is 0 Å². The number of benzene rings is 1. The Hall–Kier alpha value is -4.92. The molecule has 1 aliphatic carbocycles. The number of aryl methyl sites for hydroxylation is 1. The van der Waals surface area contributed by atoms with Crippen LogP contribution in [-0.4, -0.2) is 35.7 Å². The molecule has 0 amide bonds. The fourth-order valence-electron chi connectivity index (χ4n) is 5.14. The van der Waals surface area contributed by atoms with Crippen LogP contribution in [-0.2, 0) is 19.9 Å². The van der Waals surface area contributed by atoms with Crippen LogP contribution in [0.4, 0.5) is 5.82 Å². The van der Waals surface area contributed by atoms with Crippen molar-refractivity contribution in [2.24, 2.45) is 7.05 Å². The topological polar surface area (TPSA) is 126 Å². The number of ketones is 2. The van der Waals surface area contributed by atoms with Gasteiger partial charge in [-0.05, 0) is 37.1 Å². The number of hydrogen-bond donors (Lipinski definition) is 1. The summed E-state index contributed by atoms with van der Waals surface area (Å²) in [6.07, 6.45) is 6.62. The molecule has 38 heavy (non-hydrogen) atoms. The van der Waals surface area contributed by atoms with Gasteiger partial charge in [0.2, 0.25) is 0 Å². The quantitative estimate of drug-likeness (QED) is 0.362. The van der Waals surface area contributed by atoms with E-state index in [-0.39, 0.29) is 23.6 Å². The Morgan fingerprint density at radius 1 is 1.00 bits per heavy atom. The third kappa shape index (κ3) is 3.88. The molecule has 2 N–H and O–H groups in total. The van der Waals surface area contributed by atoms with Gasteiger partial charge >= 0.3 is 0 Å². The van der Waals surface area contributed by atoms with Crippen molar-refractivity contribution in [3.05, 3.63) is 100 Å². The minimum Gasteiger partial charge on any atom is -0.383 e. The summed E-state index contributed by atoms with van der Waals surface area (Å²) in [5.74, 6) is -0.0591. The fraction of sp³-hybridized carbons (Fsp3) is 0.172. The normalized spacial score (nSPS) is 13.0. The van der Waals surface area contributed by atoms with Crippen molar-refractivity contribution in [3.63, 3.8) is 0 Å². The zero-order valence-corrected chi connectivity index (χ0v) is 20.7. The van der Waals surface area contributed by atoms with Crippen molar-refractivity contribution >= 4 is 28.4 Å². The van der Waals surface area contributed by atoms with E-state index in [1.165, 1.54) is 17.0 Å². The van der Waals surface area contributed by atoms with E-state index in [1.807, 2.05) is 42.1 Å². The van der Waals surface area contributed by atoms with Crippen LogP contribution in [0.25, 0.3) is 27.8 Å².